The topological polar surface area (TPSA) is 71.0 Å². The van der Waals surface area contributed by atoms with Gasteiger partial charge < -0.3 is 5.11 Å². The summed E-state index contributed by atoms with van der Waals surface area (Å²) in [7, 11) is -1.70. The van der Waals surface area contributed by atoms with Crippen LogP contribution in [0.2, 0.25) is 0 Å². The Kier molecular flexibility index (Phi) is 5.00. The molecule has 0 aliphatic carbocycles. The van der Waals surface area contributed by atoms with Crippen molar-refractivity contribution >= 4 is 48.4 Å². The van der Waals surface area contributed by atoms with Gasteiger partial charge in [0.2, 0.25) is 3.79 Å². The minimum atomic E-state index is -3.81. The van der Waals surface area contributed by atoms with Crippen molar-refractivity contribution in [3.63, 3.8) is 0 Å². The second kappa shape index (κ2) is 4.82. The maximum Gasteiger partial charge on any atom is 0.452 e. The standard InChI is InChI=1S/C4H7Cl3NO4P/c1-11-13(10,12-2)8-3(9)4(5,6)7/h1-2H3,(H,8,9,10)/p-1. The Morgan fingerprint density at radius 2 is 1.77 bits per heavy atom. The van der Waals surface area contributed by atoms with Gasteiger partial charge in [-0.25, -0.2) is 4.57 Å². The summed E-state index contributed by atoms with van der Waals surface area (Å²) in [6, 6.07) is 0. The zero-order valence-electron chi connectivity index (χ0n) is 6.66. The average molecular weight is 269 g/mol. The molecule has 9 heteroatoms. The fraction of sp³-hybridized carbons (Fsp3) is 0.750. The molecule has 0 aromatic heterocycles. The largest absolute Gasteiger partial charge is 0.859 e. The summed E-state index contributed by atoms with van der Waals surface area (Å²) >= 11 is 15.5. The van der Waals surface area contributed by atoms with Gasteiger partial charge in [-0.2, -0.15) is 4.76 Å². The van der Waals surface area contributed by atoms with E-state index < -0.39 is 17.4 Å². The Balaban J connectivity index is 4.83. The molecule has 0 saturated carbocycles. The van der Waals surface area contributed by atoms with Crippen LogP contribution in [0.3, 0.4) is 0 Å². The highest BCUT2D eigenvalue weighted by Crippen LogP contribution is 2.49. The van der Waals surface area contributed by atoms with Crippen LogP contribution in [0.4, 0.5) is 0 Å². The van der Waals surface area contributed by atoms with Gasteiger partial charge in [-0.05, 0) is 0 Å². The van der Waals surface area contributed by atoms with Gasteiger partial charge in [0, 0.05) is 20.1 Å². The van der Waals surface area contributed by atoms with Gasteiger partial charge in [-0.1, -0.05) is 34.8 Å². The zero-order valence-corrected chi connectivity index (χ0v) is 9.82. The lowest BCUT2D eigenvalue weighted by Crippen LogP contribution is -2.32. The molecule has 0 radical (unpaired) electrons. The van der Waals surface area contributed by atoms with Crippen molar-refractivity contribution in [2.45, 2.75) is 3.79 Å². The van der Waals surface area contributed by atoms with E-state index in [2.05, 4.69) is 13.8 Å². The maximum atomic E-state index is 11.2. The van der Waals surface area contributed by atoms with Crippen LogP contribution in [0, 0.1) is 0 Å². The summed E-state index contributed by atoms with van der Waals surface area (Å²) in [5.74, 6) is -1.20. The van der Waals surface area contributed by atoms with Gasteiger partial charge in [0.25, 0.3) is 0 Å². The highest BCUT2D eigenvalue weighted by molar-refractivity contribution is 7.52. The van der Waals surface area contributed by atoms with Crippen molar-refractivity contribution in [2.24, 2.45) is 4.76 Å². The molecule has 5 nitrogen and oxygen atoms in total. The van der Waals surface area contributed by atoms with Crippen LogP contribution >= 0.6 is 42.5 Å². The van der Waals surface area contributed by atoms with E-state index in [1.165, 1.54) is 0 Å². The van der Waals surface area contributed by atoms with E-state index in [0.717, 1.165) is 14.2 Å². The van der Waals surface area contributed by atoms with E-state index in [-0.39, 0.29) is 0 Å². The van der Waals surface area contributed by atoms with Crippen molar-refractivity contribution in [3.05, 3.63) is 0 Å². The van der Waals surface area contributed by atoms with Gasteiger partial charge in [-0.3, -0.25) is 9.05 Å². The molecule has 0 aliphatic heterocycles. The second-order valence-electron chi connectivity index (χ2n) is 1.74. The molecule has 0 spiro atoms. The van der Waals surface area contributed by atoms with E-state index in [4.69, 9.17) is 34.8 Å². The molecule has 0 N–H and O–H groups in total. The monoisotopic (exact) mass is 268 g/mol. The van der Waals surface area contributed by atoms with Crippen LogP contribution in [0.25, 0.3) is 0 Å². The lowest BCUT2D eigenvalue weighted by Gasteiger charge is -2.20. The summed E-state index contributed by atoms with van der Waals surface area (Å²) in [4.78, 5) is 0. The van der Waals surface area contributed by atoms with E-state index in [1.54, 1.807) is 0 Å². The van der Waals surface area contributed by atoms with Gasteiger partial charge >= 0.3 is 7.75 Å². The molecule has 0 aromatic carbocycles. The molecule has 0 rings (SSSR count). The van der Waals surface area contributed by atoms with Crippen LogP contribution in [0.1, 0.15) is 0 Å². The van der Waals surface area contributed by atoms with Crippen LogP contribution < -0.4 is 5.11 Å². The average Bonchev–Trinajstić information content (AvgIpc) is 2.02. The van der Waals surface area contributed by atoms with Crippen molar-refractivity contribution in [3.8, 4) is 0 Å². The van der Waals surface area contributed by atoms with Crippen LogP contribution in [0.5, 0.6) is 0 Å². The Morgan fingerprint density at radius 1 is 1.38 bits per heavy atom. The predicted molar refractivity (Wildman–Crippen MR) is 49.3 cm³/mol. The molecule has 0 heterocycles. The lowest BCUT2D eigenvalue weighted by atomic mass is 10.8. The first-order valence-corrected chi connectivity index (χ1v) is 5.44. The summed E-state index contributed by atoms with van der Waals surface area (Å²) in [6.07, 6.45) is 0. The molecule has 0 aliphatic rings. The molecule has 78 valence electrons. The molecule has 0 fully saturated rings. The molecule has 0 bridgehead atoms. The molecule has 0 saturated heterocycles. The Morgan fingerprint density at radius 3 is 2.00 bits per heavy atom. The van der Waals surface area contributed by atoms with Crippen LogP contribution in [-0.4, -0.2) is 23.9 Å². The minimum absolute atomic E-state index is 1.05. The number of rotatable bonds is 3. The normalized spacial score (nSPS) is 14.7. The van der Waals surface area contributed by atoms with Crippen molar-refractivity contribution in [1.82, 2.24) is 0 Å². The third-order valence-electron chi connectivity index (χ3n) is 0.917. The van der Waals surface area contributed by atoms with E-state index in [0.29, 0.717) is 0 Å². The zero-order chi connectivity index (χ0) is 10.7. The Bertz CT molecular complexity index is 242. The molecular weight excluding hydrogens is 263 g/mol. The summed E-state index contributed by atoms with van der Waals surface area (Å²) in [6.45, 7) is 0. The quantitative estimate of drug-likeness (QED) is 0.337. The molecule has 0 amide bonds. The summed E-state index contributed by atoms with van der Waals surface area (Å²) < 4.78 is 20.6. The summed E-state index contributed by atoms with van der Waals surface area (Å²) in [5.41, 5.74) is 0. The highest BCUT2D eigenvalue weighted by atomic mass is 35.6. The molecule has 13 heavy (non-hydrogen) atoms. The third kappa shape index (κ3) is 4.49. The number of halogens is 3. The van der Waals surface area contributed by atoms with Gasteiger partial charge in [0.1, 0.15) is 0 Å². The molecule has 0 atom stereocenters. The molecule has 0 unspecified atom stereocenters. The van der Waals surface area contributed by atoms with Crippen molar-refractivity contribution in [1.29, 1.82) is 0 Å². The lowest BCUT2D eigenvalue weighted by molar-refractivity contribution is -0.217. The number of hydrogen-bond acceptors (Lipinski definition) is 4. The Hall–Kier alpha value is 0.490. The number of hydrogen-bond donors (Lipinski definition) is 0. The minimum Gasteiger partial charge on any atom is -0.859 e. The number of alkyl halides is 3. The first-order valence-electron chi connectivity index (χ1n) is 2.81. The SMILES string of the molecule is COP(=O)(N=C([O-])C(Cl)(Cl)Cl)OC. The van der Waals surface area contributed by atoms with E-state index >= 15 is 0 Å². The number of nitrogens with zero attached hydrogens (tertiary/aromatic N) is 1. The second-order valence-corrected chi connectivity index (χ2v) is 5.89. The fourth-order valence-electron chi connectivity index (χ4n) is 0.324. The van der Waals surface area contributed by atoms with E-state index in [9.17, 15) is 9.67 Å². The molecule has 0 aromatic rings. The van der Waals surface area contributed by atoms with Crippen molar-refractivity contribution in [2.75, 3.05) is 14.2 Å². The first-order chi connectivity index (χ1) is 5.75. The Labute approximate surface area is 90.2 Å². The summed E-state index contributed by atoms with van der Waals surface area (Å²) in [5, 5.41) is 10.9. The third-order valence-corrected chi connectivity index (χ3v) is 2.75. The fourth-order valence-corrected chi connectivity index (χ4v) is 1.31. The molecular formula is C4H6Cl3NO4P-. The van der Waals surface area contributed by atoms with Crippen LogP contribution in [-0.2, 0) is 13.6 Å². The van der Waals surface area contributed by atoms with Gasteiger partial charge in [-0.15, -0.1) is 0 Å². The smallest absolute Gasteiger partial charge is 0.452 e. The van der Waals surface area contributed by atoms with Crippen LogP contribution in [0.15, 0.2) is 4.76 Å². The highest BCUT2D eigenvalue weighted by Gasteiger charge is 2.26. The first kappa shape index (κ1) is 13.5. The maximum absolute atomic E-state index is 11.2. The van der Waals surface area contributed by atoms with Gasteiger partial charge in [0.15, 0.2) is 0 Å². The van der Waals surface area contributed by atoms with Crippen molar-refractivity contribution < 1.29 is 18.7 Å². The predicted octanol–water partition coefficient (Wildman–Crippen LogP) is 1.52. The van der Waals surface area contributed by atoms with Gasteiger partial charge in [0.05, 0.1) is 0 Å². The van der Waals surface area contributed by atoms with E-state index in [1.807, 2.05) is 0 Å².